The van der Waals surface area contributed by atoms with Gasteiger partial charge in [-0.05, 0) is 99.7 Å². The molecule has 0 bridgehead atoms. The molecule has 0 unspecified atom stereocenters. The van der Waals surface area contributed by atoms with Crippen LogP contribution in [0.15, 0.2) is 170 Å². The molecule has 0 aliphatic heterocycles. The highest BCUT2D eigenvalue weighted by molar-refractivity contribution is 6.26. The first-order valence-electron chi connectivity index (χ1n) is 15.8. The molecule has 0 amide bonds. The number of benzene rings is 9. The molecule has 45 heavy (non-hydrogen) atoms. The van der Waals surface area contributed by atoms with E-state index in [4.69, 9.17) is 0 Å². The minimum absolute atomic E-state index is 0.397. The van der Waals surface area contributed by atoms with Crippen molar-refractivity contribution in [3.8, 4) is 22.3 Å². The van der Waals surface area contributed by atoms with Crippen LogP contribution in [0.5, 0.6) is 0 Å². The van der Waals surface area contributed by atoms with Gasteiger partial charge >= 0.3 is 0 Å². The molecule has 208 valence electrons. The third-order valence-corrected chi connectivity index (χ3v) is 10.3. The number of hydrogen-bond donors (Lipinski definition) is 0. The van der Waals surface area contributed by atoms with E-state index in [2.05, 4.69) is 170 Å². The van der Waals surface area contributed by atoms with Gasteiger partial charge in [0.15, 0.2) is 0 Å². The highest BCUT2D eigenvalue weighted by atomic mass is 14.5. The first kappa shape index (κ1) is 24.7. The number of fused-ring (bicyclic) bond motifs is 4. The van der Waals surface area contributed by atoms with Crippen molar-refractivity contribution >= 4 is 43.1 Å². The third-order valence-electron chi connectivity index (χ3n) is 10.3. The molecule has 0 radical (unpaired) electrons. The minimum atomic E-state index is -0.397. The molecule has 0 aromatic heterocycles. The molecule has 10 rings (SSSR count). The second-order valence-corrected chi connectivity index (χ2v) is 12.4. The normalized spacial score (nSPS) is 13.5. The van der Waals surface area contributed by atoms with Crippen molar-refractivity contribution in [1.29, 1.82) is 0 Å². The summed E-state index contributed by atoms with van der Waals surface area (Å²) in [5, 5.41) is 10.5. The van der Waals surface area contributed by atoms with Gasteiger partial charge in [-0.15, -0.1) is 0 Å². The lowest BCUT2D eigenvalue weighted by Gasteiger charge is -2.34. The number of hydrogen-bond acceptors (Lipinski definition) is 0. The molecule has 0 fully saturated rings. The molecule has 0 heteroatoms. The lowest BCUT2D eigenvalue weighted by Crippen LogP contribution is -2.28. The SMILES string of the molecule is c1ccc(C2(c3ccccc3)c3ccccc3-c3cc4c(-c5ccc6ccc7cccc8ccc5c6c78)cccc4cc32)cc1. The molecule has 0 nitrogen and oxygen atoms in total. The van der Waals surface area contributed by atoms with Gasteiger partial charge in [0.2, 0.25) is 0 Å². The lowest BCUT2D eigenvalue weighted by molar-refractivity contribution is 0.769. The van der Waals surface area contributed by atoms with E-state index in [-0.39, 0.29) is 0 Å². The predicted molar refractivity (Wildman–Crippen MR) is 190 cm³/mol. The van der Waals surface area contributed by atoms with Gasteiger partial charge in [-0.1, -0.05) is 158 Å². The second-order valence-electron chi connectivity index (χ2n) is 12.4. The van der Waals surface area contributed by atoms with Crippen molar-refractivity contribution in [2.45, 2.75) is 5.41 Å². The van der Waals surface area contributed by atoms with E-state index in [9.17, 15) is 0 Å². The van der Waals surface area contributed by atoms with E-state index in [0.717, 1.165) is 0 Å². The summed E-state index contributed by atoms with van der Waals surface area (Å²) in [7, 11) is 0. The Morgan fingerprint density at radius 3 is 1.60 bits per heavy atom. The van der Waals surface area contributed by atoms with Gasteiger partial charge in [-0.25, -0.2) is 0 Å². The van der Waals surface area contributed by atoms with Crippen LogP contribution in [0.4, 0.5) is 0 Å². The van der Waals surface area contributed by atoms with Gasteiger partial charge in [-0.3, -0.25) is 0 Å². The fraction of sp³-hybridized carbons (Fsp3) is 0.0222. The molecule has 1 aliphatic carbocycles. The molecule has 9 aromatic carbocycles. The molecule has 0 spiro atoms. The van der Waals surface area contributed by atoms with Crippen molar-refractivity contribution in [1.82, 2.24) is 0 Å². The van der Waals surface area contributed by atoms with Crippen molar-refractivity contribution in [2.24, 2.45) is 0 Å². The maximum atomic E-state index is 2.48. The zero-order chi connectivity index (χ0) is 29.5. The van der Waals surface area contributed by atoms with Crippen molar-refractivity contribution in [3.63, 3.8) is 0 Å². The monoisotopic (exact) mass is 568 g/mol. The Morgan fingerprint density at radius 2 is 0.844 bits per heavy atom. The molecular weight excluding hydrogens is 540 g/mol. The summed E-state index contributed by atoms with van der Waals surface area (Å²) in [4.78, 5) is 0. The Labute approximate surface area is 262 Å². The summed E-state index contributed by atoms with van der Waals surface area (Å²) in [6, 6.07) is 63.4. The molecule has 0 N–H and O–H groups in total. The van der Waals surface area contributed by atoms with Crippen LogP contribution in [0.25, 0.3) is 65.3 Å². The van der Waals surface area contributed by atoms with Crippen molar-refractivity contribution < 1.29 is 0 Å². The maximum absolute atomic E-state index is 2.48. The van der Waals surface area contributed by atoms with Gasteiger partial charge in [0, 0.05) is 0 Å². The molecular formula is C45H28. The average molecular weight is 569 g/mol. The predicted octanol–water partition coefficient (Wildman–Crippen LogP) is 11.8. The molecule has 0 saturated carbocycles. The van der Waals surface area contributed by atoms with Crippen LogP contribution in [0, 0.1) is 0 Å². The fourth-order valence-corrected chi connectivity index (χ4v) is 8.42. The molecule has 0 heterocycles. The summed E-state index contributed by atoms with van der Waals surface area (Å²) in [6.45, 7) is 0. The Morgan fingerprint density at radius 1 is 0.289 bits per heavy atom. The largest absolute Gasteiger partial charge is 0.0713 e. The first-order chi connectivity index (χ1) is 22.3. The van der Waals surface area contributed by atoms with Crippen LogP contribution < -0.4 is 0 Å². The quantitative estimate of drug-likeness (QED) is 0.186. The Kier molecular flexibility index (Phi) is 5.02. The highest BCUT2D eigenvalue weighted by Crippen LogP contribution is 2.57. The zero-order valence-electron chi connectivity index (χ0n) is 24.7. The Balaban J connectivity index is 1.30. The summed E-state index contributed by atoms with van der Waals surface area (Å²) in [5.41, 5.74) is 10.1. The van der Waals surface area contributed by atoms with Gasteiger partial charge in [0.05, 0.1) is 5.41 Å². The van der Waals surface area contributed by atoms with E-state index in [0.29, 0.717) is 0 Å². The first-order valence-corrected chi connectivity index (χ1v) is 15.8. The summed E-state index contributed by atoms with van der Waals surface area (Å²) < 4.78 is 0. The van der Waals surface area contributed by atoms with E-state index in [1.54, 1.807) is 0 Å². The van der Waals surface area contributed by atoms with Crippen LogP contribution >= 0.6 is 0 Å². The average Bonchev–Trinajstić information content (AvgIpc) is 3.40. The second kappa shape index (κ2) is 9.14. The lowest BCUT2D eigenvalue weighted by atomic mass is 9.67. The smallest absolute Gasteiger partial charge is 0.0622 e. The molecule has 0 saturated heterocycles. The van der Waals surface area contributed by atoms with E-state index >= 15 is 0 Å². The van der Waals surface area contributed by atoms with Gasteiger partial charge < -0.3 is 0 Å². The van der Waals surface area contributed by atoms with Gasteiger partial charge in [0.1, 0.15) is 0 Å². The van der Waals surface area contributed by atoms with Crippen LogP contribution in [0.1, 0.15) is 22.3 Å². The Hall–Kier alpha value is -5.72. The number of rotatable bonds is 3. The highest BCUT2D eigenvalue weighted by Gasteiger charge is 2.46. The molecule has 1 aliphatic rings. The van der Waals surface area contributed by atoms with Crippen LogP contribution in [0.3, 0.4) is 0 Å². The maximum Gasteiger partial charge on any atom is 0.0713 e. The van der Waals surface area contributed by atoms with E-state index in [1.165, 1.54) is 87.6 Å². The van der Waals surface area contributed by atoms with Crippen molar-refractivity contribution in [3.05, 3.63) is 192 Å². The van der Waals surface area contributed by atoms with E-state index in [1.807, 2.05) is 0 Å². The van der Waals surface area contributed by atoms with Crippen LogP contribution in [0.2, 0.25) is 0 Å². The molecule has 9 aromatic rings. The van der Waals surface area contributed by atoms with Gasteiger partial charge in [0.25, 0.3) is 0 Å². The molecule has 0 atom stereocenters. The summed E-state index contributed by atoms with van der Waals surface area (Å²) >= 11 is 0. The third kappa shape index (κ3) is 3.26. The summed E-state index contributed by atoms with van der Waals surface area (Å²) in [6.07, 6.45) is 0. The van der Waals surface area contributed by atoms with Crippen molar-refractivity contribution in [2.75, 3.05) is 0 Å². The zero-order valence-corrected chi connectivity index (χ0v) is 24.7. The fourth-order valence-electron chi connectivity index (χ4n) is 8.42. The van der Waals surface area contributed by atoms with E-state index < -0.39 is 5.41 Å². The van der Waals surface area contributed by atoms with Gasteiger partial charge in [-0.2, -0.15) is 0 Å². The van der Waals surface area contributed by atoms with Crippen LogP contribution in [-0.4, -0.2) is 0 Å². The standard InChI is InChI=1S/C45H28/c1-3-14-33(15-4-1)45(34-16-5-2-6-17-34)41-20-8-7-18-37(41)40-28-39-32(27-42(40)45)13-10-19-35(39)36-25-23-31-22-21-29-11-9-12-30-24-26-38(36)44(31)43(29)30/h1-28H. The Bertz CT molecular complexity index is 2520. The van der Waals surface area contributed by atoms with Crippen LogP contribution in [-0.2, 0) is 5.41 Å². The minimum Gasteiger partial charge on any atom is -0.0622 e. The topological polar surface area (TPSA) is 0 Å². The summed E-state index contributed by atoms with van der Waals surface area (Å²) in [5.74, 6) is 0.